The van der Waals surface area contributed by atoms with Crippen molar-refractivity contribution in [1.82, 2.24) is 24.5 Å². The van der Waals surface area contributed by atoms with E-state index in [-0.39, 0.29) is 5.69 Å². The van der Waals surface area contributed by atoms with E-state index in [1.54, 1.807) is 57.3 Å². The van der Waals surface area contributed by atoms with Crippen LogP contribution in [0.3, 0.4) is 0 Å². The van der Waals surface area contributed by atoms with Gasteiger partial charge in [-0.3, -0.25) is 4.90 Å². The van der Waals surface area contributed by atoms with E-state index < -0.39 is 35.9 Å². The second-order valence-corrected chi connectivity index (χ2v) is 11.3. The van der Waals surface area contributed by atoms with Gasteiger partial charge in [-0.25, -0.2) is 32.9 Å². The molecule has 0 bridgehead atoms. The van der Waals surface area contributed by atoms with Crippen molar-refractivity contribution in [3.8, 4) is 22.4 Å². The molecule has 5 aromatic rings. The molecule has 3 heterocycles. The van der Waals surface area contributed by atoms with Crippen LogP contribution < -0.4 is 5.69 Å². The molecule has 0 unspecified atom stereocenters. The molecule has 10 heteroatoms. The molecule has 1 saturated carbocycles. The Bertz CT molecular complexity index is 1810. The molecule has 0 spiro atoms. The van der Waals surface area contributed by atoms with E-state index in [0.717, 1.165) is 21.6 Å². The highest BCUT2D eigenvalue weighted by molar-refractivity contribution is 5.98. The van der Waals surface area contributed by atoms with E-state index in [1.165, 1.54) is 4.40 Å². The van der Waals surface area contributed by atoms with Crippen LogP contribution in [-0.2, 0) is 5.54 Å². The average molecular weight is 544 g/mol. The maximum absolute atomic E-state index is 14.3. The summed E-state index contributed by atoms with van der Waals surface area (Å²) in [5, 5.41) is 17.4. The van der Waals surface area contributed by atoms with Crippen molar-refractivity contribution in [2.75, 3.05) is 0 Å². The van der Waals surface area contributed by atoms with Crippen molar-refractivity contribution in [2.24, 2.45) is 0 Å². The maximum atomic E-state index is 14.3. The van der Waals surface area contributed by atoms with Gasteiger partial charge in [-0.1, -0.05) is 54.6 Å². The quantitative estimate of drug-likeness (QED) is 0.277. The number of nitrogens with zero attached hydrogens (tertiary/aromatic N) is 4. The third-order valence-corrected chi connectivity index (χ3v) is 7.55. The van der Waals surface area contributed by atoms with Crippen LogP contribution in [0, 0.1) is 0 Å². The maximum Gasteiger partial charge on any atom is 0.408 e. The molecule has 0 radical (unpaired) electrons. The van der Waals surface area contributed by atoms with Gasteiger partial charge in [0.25, 0.3) is 5.92 Å². The average Bonchev–Trinajstić information content (AvgIpc) is 3.27. The van der Waals surface area contributed by atoms with Crippen molar-refractivity contribution >= 4 is 22.6 Å². The van der Waals surface area contributed by atoms with Crippen molar-refractivity contribution in [1.29, 1.82) is 0 Å². The molecule has 2 N–H and O–H groups in total. The van der Waals surface area contributed by atoms with Crippen LogP contribution in [0.15, 0.2) is 77.7 Å². The molecule has 0 aliphatic heterocycles. The first-order valence-corrected chi connectivity index (χ1v) is 12.9. The lowest BCUT2D eigenvalue weighted by Gasteiger charge is -2.57. The number of hydrogen-bond acceptors (Lipinski definition) is 4. The highest BCUT2D eigenvalue weighted by Gasteiger charge is 2.63. The minimum atomic E-state index is -2.95. The van der Waals surface area contributed by atoms with Gasteiger partial charge in [-0.2, -0.15) is 5.10 Å². The van der Waals surface area contributed by atoms with Crippen LogP contribution in [0.1, 0.15) is 39.2 Å². The molecular formula is C30H27F2N5O3. The van der Waals surface area contributed by atoms with Gasteiger partial charge in [-0.15, -0.1) is 0 Å². The second-order valence-electron chi connectivity index (χ2n) is 11.3. The lowest BCUT2D eigenvalue weighted by molar-refractivity contribution is -0.187. The number of amides is 1. The Morgan fingerprint density at radius 3 is 2.30 bits per heavy atom. The molecule has 3 aromatic heterocycles. The van der Waals surface area contributed by atoms with E-state index >= 15 is 0 Å². The minimum Gasteiger partial charge on any atom is -0.465 e. The summed E-state index contributed by atoms with van der Waals surface area (Å²) in [6.45, 7) is 5.13. The highest BCUT2D eigenvalue weighted by atomic mass is 19.3. The monoisotopic (exact) mass is 543 g/mol. The summed E-state index contributed by atoms with van der Waals surface area (Å²) in [5.74, 6) is -2.95. The highest BCUT2D eigenvalue weighted by Crippen LogP contribution is 2.57. The van der Waals surface area contributed by atoms with Crippen LogP contribution in [0.2, 0.25) is 0 Å². The van der Waals surface area contributed by atoms with Crippen LogP contribution >= 0.6 is 0 Å². The number of hydrogen-bond donors (Lipinski definition) is 2. The molecule has 2 aromatic carbocycles. The van der Waals surface area contributed by atoms with Gasteiger partial charge < -0.3 is 5.11 Å². The van der Waals surface area contributed by atoms with Gasteiger partial charge in [0.1, 0.15) is 0 Å². The van der Waals surface area contributed by atoms with E-state index in [2.05, 4.69) is 10.2 Å². The Hall–Kier alpha value is -4.60. The topological polar surface area (TPSA) is 104 Å². The third kappa shape index (κ3) is 4.02. The lowest BCUT2D eigenvalue weighted by Crippen LogP contribution is -2.66. The fourth-order valence-corrected chi connectivity index (χ4v) is 6.02. The van der Waals surface area contributed by atoms with Crippen molar-refractivity contribution < 1.29 is 18.7 Å². The second kappa shape index (κ2) is 8.70. The number of carboxylic acid groups (broad SMARTS) is 1. The van der Waals surface area contributed by atoms with Crippen molar-refractivity contribution in [2.45, 2.75) is 50.6 Å². The van der Waals surface area contributed by atoms with Gasteiger partial charge in [0.2, 0.25) is 0 Å². The normalized spacial score (nSPS) is 16.1. The zero-order valence-electron chi connectivity index (χ0n) is 22.2. The Balaban J connectivity index is 1.51. The number of H-pyrrole nitrogens is 1. The summed E-state index contributed by atoms with van der Waals surface area (Å²) in [6.07, 6.45) is -0.783. The SMILES string of the molecule is CC(C)(C)N(C(=O)O)C1(c2ccc(-c3nc4ccn5c(=O)[nH]nc5c4cc3-c3ccccc3)cc2)CC(F)(F)C1. The largest absolute Gasteiger partial charge is 0.465 e. The van der Waals surface area contributed by atoms with Crippen LogP contribution in [0.5, 0.6) is 0 Å². The Kier molecular flexibility index (Phi) is 5.58. The van der Waals surface area contributed by atoms with Gasteiger partial charge in [0.05, 0.1) is 16.7 Å². The van der Waals surface area contributed by atoms with Gasteiger partial charge >= 0.3 is 11.8 Å². The van der Waals surface area contributed by atoms with Gasteiger partial charge in [0, 0.05) is 41.1 Å². The van der Waals surface area contributed by atoms with Crippen molar-refractivity contribution in [3.63, 3.8) is 0 Å². The number of aromatic amines is 1. The van der Waals surface area contributed by atoms with Gasteiger partial charge in [-0.05, 0) is 44.0 Å². The zero-order valence-corrected chi connectivity index (χ0v) is 22.2. The first kappa shape index (κ1) is 25.7. The summed E-state index contributed by atoms with van der Waals surface area (Å²) in [4.78, 5) is 30.6. The summed E-state index contributed by atoms with van der Waals surface area (Å²) in [5.41, 5.74) is 2.12. The summed E-state index contributed by atoms with van der Waals surface area (Å²) >= 11 is 0. The predicted molar refractivity (Wildman–Crippen MR) is 147 cm³/mol. The first-order valence-electron chi connectivity index (χ1n) is 12.9. The van der Waals surface area contributed by atoms with Crippen molar-refractivity contribution in [3.05, 3.63) is 89.0 Å². The summed E-state index contributed by atoms with van der Waals surface area (Å²) < 4.78 is 30.1. The zero-order chi connectivity index (χ0) is 28.4. The minimum absolute atomic E-state index is 0.348. The molecule has 1 aliphatic rings. The molecular weight excluding hydrogens is 516 g/mol. The molecule has 0 saturated heterocycles. The number of pyridine rings is 2. The Labute approximate surface area is 227 Å². The fraction of sp³-hybridized carbons (Fsp3) is 0.267. The smallest absolute Gasteiger partial charge is 0.408 e. The van der Waals surface area contributed by atoms with Crippen LogP contribution in [0.4, 0.5) is 13.6 Å². The van der Waals surface area contributed by atoms with Gasteiger partial charge in [0.15, 0.2) is 5.65 Å². The number of carbonyl (C=O) groups is 1. The van der Waals surface area contributed by atoms with E-state index in [1.807, 2.05) is 36.4 Å². The molecule has 1 fully saturated rings. The number of nitrogens with one attached hydrogen (secondary N) is 1. The molecule has 204 valence electrons. The fourth-order valence-electron chi connectivity index (χ4n) is 6.02. The molecule has 0 atom stereocenters. The predicted octanol–water partition coefficient (Wildman–Crippen LogP) is 6.31. The number of rotatable bonds is 4. The number of fused-ring (bicyclic) bond motifs is 3. The molecule has 1 aliphatic carbocycles. The Morgan fingerprint density at radius 1 is 1.02 bits per heavy atom. The van der Waals surface area contributed by atoms with Crippen LogP contribution in [-0.4, -0.2) is 47.1 Å². The number of benzene rings is 2. The van der Waals surface area contributed by atoms with E-state index in [4.69, 9.17) is 4.98 Å². The summed E-state index contributed by atoms with van der Waals surface area (Å²) in [6, 6.07) is 20.4. The number of alkyl halides is 2. The van der Waals surface area contributed by atoms with Crippen LogP contribution in [0.25, 0.3) is 38.9 Å². The van der Waals surface area contributed by atoms with E-state index in [0.29, 0.717) is 27.8 Å². The Morgan fingerprint density at radius 2 is 1.70 bits per heavy atom. The molecule has 8 nitrogen and oxygen atoms in total. The number of aromatic nitrogens is 4. The number of halogens is 2. The molecule has 6 rings (SSSR count). The molecule has 1 amide bonds. The standard InChI is InChI=1S/C30H27F2N5O3/c1-28(2,3)37(27(39)40)29(16-30(31,32)17-29)20-11-9-19(10-12-20)24-21(18-7-5-4-6-8-18)15-22-23(33-24)13-14-36-25(22)34-35-26(36)38/h4-15H,16-17H2,1-3H3,(H,35,38)(H,39,40). The third-order valence-electron chi connectivity index (χ3n) is 7.55. The summed E-state index contributed by atoms with van der Waals surface area (Å²) in [7, 11) is 0. The first-order chi connectivity index (χ1) is 18.9. The molecule has 40 heavy (non-hydrogen) atoms. The lowest BCUT2D eigenvalue weighted by atomic mass is 9.66. The van der Waals surface area contributed by atoms with E-state index in [9.17, 15) is 23.5 Å².